The molecule has 0 amide bonds. The van der Waals surface area contributed by atoms with Gasteiger partial charge in [-0.15, -0.1) is 11.8 Å². The zero-order valence-electron chi connectivity index (χ0n) is 9.35. The minimum absolute atomic E-state index is 0.375. The Bertz CT molecular complexity index is 580. The quantitative estimate of drug-likeness (QED) is 0.529. The van der Waals surface area contributed by atoms with Gasteiger partial charge in [0.05, 0.1) is 15.7 Å². The molecular formula is C11H9Cl2N3OS. The molecule has 0 fully saturated rings. The molecule has 0 atom stereocenters. The van der Waals surface area contributed by atoms with Gasteiger partial charge in [-0.1, -0.05) is 23.2 Å². The number of hydrogen-bond acceptors (Lipinski definition) is 5. The van der Waals surface area contributed by atoms with Crippen LogP contribution < -0.4 is 10.5 Å². The highest BCUT2D eigenvalue weighted by molar-refractivity contribution is 7.98. The number of nitrogen functional groups attached to an aromatic ring is 1. The number of nitrogens with zero attached hydrogens (tertiary/aromatic N) is 2. The number of benzene rings is 1. The molecule has 0 saturated carbocycles. The molecule has 2 rings (SSSR count). The molecule has 7 heteroatoms. The van der Waals surface area contributed by atoms with Crippen LogP contribution in [0.5, 0.6) is 11.6 Å². The first kappa shape index (κ1) is 13.3. The summed E-state index contributed by atoms with van der Waals surface area (Å²) in [7, 11) is 0. The maximum absolute atomic E-state index is 5.91. The van der Waals surface area contributed by atoms with Crippen molar-refractivity contribution >= 4 is 40.7 Å². The largest absolute Gasteiger partial charge is 0.437 e. The predicted octanol–water partition coefficient (Wildman–Crippen LogP) is 3.88. The normalized spacial score (nSPS) is 10.4. The maximum Gasteiger partial charge on any atom is 0.223 e. The minimum Gasteiger partial charge on any atom is -0.437 e. The van der Waals surface area contributed by atoms with Crippen molar-refractivity contribution in [3.63, 3.8) is 0 Å². The molecule has 0 aliphatic carbocycles. The highest BCUT2D eigenvalue weighted by Gasteiger charge is 2.08. The molecule has 1 aromatic heterocycles. The molecule has 0 radical (unpaired) electrons. The van der Waals surface area contributed by atoms with Gasteiger partial charge < -0.3 is 10.5 Å². The van der Waals surface area contributed by atoms with Crippen LogP contribution in [-0.4, -0.2) is 16.2 Å². The van der Waals surface area contributed by atoms with E-state index >= 15 is 0 Å². The molecule has 94 valence electrons. The Labute approximate surface area is 118 Å². The predicted molar refractivity (Wildman–Crippen MR) is 74.8 cm³/mol. The van der Waals surface area contributed by atoms with Gasteiger partial charge in [0.25, 0.3) is 0 Å². The number of rotatable bonds is 3. The zero-order chi connectivity index (χ0) is 13.1. The van der Waals surface area contributed by atoms with E-state index in [4.69, 9.17) is 33.7 Å². The Hall–Kier alpha value is -1.17. The van der Waals surface area contributed by atoms with Gasteiger partial charge in [0.15, 0.2) is 5.75 Å². The van der Waals surface area contributed by atoms with Crippen molar-refractivity contribution in [1.82, 2.24) is 9.97 Å². The standard InChI is InChI=1S/C11H9Cl2N3OS/c1-18-11-4-10(15-5-16-11)17-9-3-7(13)6(12)2-8(9)14/h2-5H,14H2,1H3. The van der Waals surface area contributed by atoms with Crippen LogP contribution in [0.3, 0.4) is 0 Å². The second-order valence-corrected chi connectivity index (χ2v) is 4.95. The Kier molecular flexibility index (Phi) is 4.16. The van der Waals surface area contributed by atoms with E-state index in [9.17, 15) is 0 Å². The van der Waals surface area contributed by atoms with E-state index < -0.39 is 0 Å². The van der Waals surface area contributed by atoms with E-state index in [1.165, 1.54) is 24.2 Å². The number of nitrogens with two attached hydrogens (primary N) is 1. The summed E-state index contributed by atoms with van der Waals surface area (Å²) < 4.78 is 5.55. The van der Waals surface area contributed by atoms with Gasteiger partial charge in [-0.3, -0.25) is 0 Å². The lowest BCUT2D eigenvalue weighted by molar-refractivity contribution is 0.461. The minimum atomic E-state index is 0.375. The summed E-state index contributed by atoms with van der Waals surface area (Å²) in [5, 5.41) is 1.56. The summed E-state index contributed by atoms with van der Waals surface area (Å²) in [6, 6.07) is 4.81. The van der Waals surface area contributed by atoms with E-state index in [1.54, 1.807) is 12.1 Å². The molecule has 2 aromatic rings. The number of halogens is 2. The van der Waals surface area contributed by atoms with Gasteiger partial charge in [0, 0.05) is 12.1 Å². The van der Waals surface area contributed by atoms with E-state index in [0.717, 1.165) is 5.03 Å². The number of thioether (sulfide) groups is 1. The summed E-state index contributed by atoms with van der Waals surface area (Å²) in [5.41, 5.74) is 6.19. The average molecular weight is 302 g/mol. The van der Waals surface area contributed by atoms with Crippen molar-refractivity contribution < 1.29 is 4.74 Å². The molecule has 0 saturated heterocycles. The van der Waals surface area contributed by atoms with Crippen molar-refractivity contribution in [1.29, 1.82) is 0 Å². The van der Waals surface area contributed by atoms with Crippen molar-refractivity contribution in [3.05, 3.63) is 34.6 Å². The maximum atomic E-state index is 5.91. The first-order valence-corrected chi connectivity index (χ1v) is 6.86. The Morgan fingerprint density at radius 3 is 2.61 bits per heavy atom. The fraction of sp³-hybridized carbons (Fsp3) is 0.0909. The first-order valence-electron chi connectivity index (χ1n) is 4.88. The molecule has 0 spiro atoms. The molecule has 18 heavy (non-hydrogen) atoms. The smallest absolute Gasteiger partial charge is 0.223 e. The molecule has 0 unspecified atom stereocenters. The van der Waals surface area contributed by atoms with Crippen molar-refractivity contribution in [3.8, 4) is 11.6 Å². The summed E-state index contributed by atoms with van der Waals surface area (Å²) in [6.07, 6.45) is 3.34. The number of aromatic nitrogens is 2. The van der Waals surface area contributed by atoms with Crippen LogP contribution in [0.4, 0.5) is 5.69 Å². The van der Waals surface area contributed by atoms with Gasteiger partial charge >= 0.3 is 0 Å². The monoisotopic (exact) mass is 301 g/mol. The van der Waals surface area contributed by atoms with E-state index in [2.05, 4.69) is 9.97 Å². The summed E-state index contributed by atoms with van der Waals surface area (Å²) >= 11 is 13.2. The Morgan fingerprint density at radius 1 is 1.17 bits per heavy atom. The second kappa shape index (κ2) is 5.65. The summed E-state index contributed by atoms with van der Waals surface area (Å²) in [4.78, 5) is 8.04. The molecule has 0 aliphatic rings. The van der Waals surface area contributed by atoms with Gasteiger partial charge in [-0.05, 0) is 12.3 Å². The molecule has 0 bridgehead atoms. The number of hydrogen-bond donors (Lipinski definition) is 1. The Morgan fingerprint density at radius 2 is 1.89 bits per heavy atom. The molecule has 1 aromatic carbocycles. The van der Waals surface area contributed by atoms with Crippen LogP contribution in [0.15, 0.2) is 29.6 Å². The van der Waals surface area contributed by atoms with Crippen molar-refractivity contribution in [2.75, 3.05) is 12.0 Å². The first-order chi connectivity index (χ1) is 8.60. The van der Waals surface area contributed by atoms with Crippen LogP contribution in [0.25, 0.3) is 0 Å². The van der Waals surface area contributed by atoms with Crippen LogP contribution in [0.2, 0.25) is 10.0 Å². The summed E-state index contributed by atoms with van der Waals surface area (Å²) in [6.45, 7) is 0. The van der Waals surface area contributed by atoms with Gasteiger partial charge in [-0.2, -0.15) is 0 Å². The zero-order valence-corrected chi connectivity index (χ0v) is 11.7. The second-order valence-electron chi connectivity index (χ2n) is 3.30. The fourth-order valence-electron chi connectivity index (χ4n) is 1.24. The van der Waals surface area contributed by atoms with E-state index in [1.807, 2.05) is 6.26 Å². The Balaban J connectivity index is 2.30. The number of ether oxygens (including phenoxy) is 1. The van der Waals surface area contributed by atoms with Crippen LogP contribution >= 0.6 is 35.0 Å². The van der Waals surface area contributed by atoms with Crippen molar-refractivity contribution in [2.24, 2.45) is 0 Å². The fourth-order valence-corrected chi connectivity index (χ4v) is 1.93. The SMILES string of the molecule is CSc1cc(Oc2cc(Cl)c(Cl)cc2N)ncn1. The van der Waals surface area contributed by atoms with E-state index in [-0.39, 0.29) is 0 Å². The topological polar surface area (TPSA) is 61.0 Å². The molecule has 1 heterocycles. The highest BCUT2D eigenvalue weighted by atomic mass is 35.5. The third kappa shape index (κ3) is 2.98. The van der Waals surface area contributed by atoms with Crippen LogP contribution in [-0.2, 0) is 0 Å². The lowest BCUT2D eigenvalue weighted by Crippen LogP contribution is -1.95. The van der Waals surface area contributed by atoms with Gasteiger partial charge in [-0.25, -0.2) is 9.97 Å². The highest BCUT2D eigenvalue weighted by Crippen LogP contribution is 2.34. The van der Waals surface area contributed by atoms with Gasteiger partial charge in [0.2, 0.25) is 5.88 Å². The molecular weight excluding hydrogens is 293 g/mol. The third-order valence-electron chi connectivity index (χ3n) is 2.09. The van der Waals surface area contributed by atoms with Gasteiger partial charge in [0.1, 0.15) is 11.4 Å². The lowest BCUT2D eigenvalue weighted by Gasteiger charge is -2.09. The van der Waals surface area contributed by atoms with E-state index in [0.29, 0.717) is 27.4 Å². The van der Waals surface area contributed by atoms with Crippen molar-refractivity contribution in [2.45, 2.75) is 5.03 Å². The average Bonchev–Trinajstić information content (AvgIpc) is 2.36. The van der Waals surface area contributed by atoms with Crippen LogP contribution in [0, 0.1) is 0 Å². The summed E-state index contributed by atoms with van der Waals surface area (Å²) in [5.74, 6) is 0.814. The molecule has 2 N–H and O–H groups in total. The lowest BCUT2D eigenvalue weighted by atomic mass is 10.3. The molecule has 4 nitrogen and oxygen atoms in total. The third-order valence-corrected chi connectivity index (χ3v) is 3.46. The van der Waals surface area contributed by atoms with Crippen LogP contribution in [0.1, 0.15) is 0 Å². The number of anilines is 1. The molecule has 0 aliphatic heterocycles.